The van der Waals surface area contributed by atoms with Crippen LogP contribution in [0.3, 0.4) is 0 Å². The van der Waals surface area contributed by atoms with Crippen LogP contribution in [0.25, 0.3) is 0 Å². The lowest BCUT2D eigenvalue weighted by Gasteiger charge is -2.34. The number of nitriles is 1. The summed E-state index contributed by atoms with van der Waals surface area (Å²) in [5.41, 5.74) is 0. The van der Waals surface area contributed by atoms with Crippen molar-refractivity contribution in [2.24, 2.45) is 0 Å². The van der Waals surface area contributed by atoms with E-state index < -0.39 is 0 Å². The first kappa shape index (κ1) is 13.9. The average Bonchev–Trinajstić information content (AvgIpc) is 2.39. The van der Waals surface area contributed by atoms with Crippen molar-refractivity contribution in [2.45, 2.75) is 26.3 Å². The zero-order valence-electron chi connectivity index (χ0n) is 10.8. The van der Waals surface area contributed by atoms with Crippen LogP contribution in [0.4, 0.5) is 0 Å². The first-order chi connectivity index (χ1) is 8.20. The molecule has 0 aromatic rings. The van der Waals surface area contributed by atoms with E-state index in [-0.39, 0.29) is 11.9 Å². The summed E-state index contributed by atoms with van der Waals surface area (Å²) in [6.45, 7) is 8.87. The highest BCUT2D eigenvalue weighted by molar-refractivity contribution is 5.81. The van der Waals surface area contributed by atoms with Gasteiger partial charge in [0, 0.05) is 39.3 Å². The molecule has 0 spiro atoms. The van der Waals surface area contributed by atoms with Crippen LogP contribution in [0.2, 0.25) is 0 Å². The van der Waals surface area contributed by atoms with E-state index in [2.05, 4.69) is 16.3 Å². The molecule has 1 heterocycles. The van der Waals surface area contributed by atoms with Crippen molar-refractivity contribution < 1.29 is 4.79 Å². The molecule has 0 aromatic heterocycles. The predicted octanol–water partition coefficient (Wildman–Crippen LogP) is 0.0423. The molecule has 0 aliphatic carbocycles. The van der Waals surface area contributed by atoms with Gasteiger partial charge in [0.1, 0.15) is 0 Å². The number of likely N-dealkylation sites (N-methyl/N-ethyl adjacent to an activating group) is 1. The molecule has 1 aliphatic heterocycles. The molecule has 5 heteroatoms. The van der Waals surface area contributed by atoms with E-state index >= 15 is 0 Å². The number of hydrogen-bond donors (Lipinski definition) is 1. The van der Waals surface area contributed by atoms with Crippen LogP contribution in [0.1, 0.15) is 20.3 Å². The zero-order chi connectivity index (χ0) is 12.7. The minimum Gasteiger partial charge on any atom is -0.341 e. The van der Waals surface area contributed by atoms with E-state index in [1.807, 2.05) is 13.8 Å². The van der Waals surface area contributed by atoms with Crippen molar-refractivity contribution in [2.75, 3.05) is 39.3 Å². The third-order valence-electron chi connectivity index (χ3n) is 3.24. The summed E-state index contributed by atoms with van der Waals surface area (Å²) in [6, 6.07) is 2.01. The molecule has 5 nitrogen and oxygen atoms in total. The lowest BCUT2D eigenvalue weighted by atomic mass is 10.2. The van der Waals surface area contributed by atoms with Crippen molar-refractivity contribution in [1.29, 1.82) is 5.26 Å². The average molecular weight is 238 g/mol. The zero-order valence-corrected chi connectivity index (χ0v) is 10.8. The Hall–Kier alpha value is -1.12. The molecular weight excluding hydrogens is 216 g/mol. The Morgan fingerprint density at radius 2 is 2.18 bits per heavy atom. The predicted molar refractivity (Wildman–Crippen MR) is 66.4 cm³/mol. The second-order valence-corrected chi connectivity index (χ2v) is 4.29. The second kappa shape index (κ2) is 7.25. The van der Waals surface area contributed by atoms with Crippen molar-refractivity contribution >= 4 is 5.91 Å². The quantitative estimate of drug-likeness (QED) is 0.735. The summed E-state index contributed by atoms with van der Waals surface area (Å²) in [7, 11) is 0. The van der Waals surface area contributed by atoms with Gasteiger partial charge in [0.25, 0.3) is 0 Å². The first-order valence-corrected chi connectivity index (χ1v) is 6.31. The molecule has 1 rings (SSSR count). The van der Waals surface area contributed by atoms with Gasteiger partial charge in [-0.25, -0.2) is 0 Å². The minimum absolute atomic E-state index is 0.0734. The summed E-state index contributed by atoms with van der Waals surface area (Å²) in [6.07, 6.45) is 0.411. The second-order valence-electron chi connectivity index (χ2n) is 4.29. The van der Waals surface area contributed by atoms with Gasteiger partial charge in [-0.3, -0.25) is 9.69 Å². The fourth-order valence-corrected chi connectivity index (χ4v) is 2.10. The van der Waals surface area contributed by atoms with E-state index in [4.69, 9.17) is 5.26 Å². The third kappa shape index (κ3) is 3.99. The highest BCUT2D eigenvalue weighted by atomic mass is 16.2. The van der Waals surface area contributed by atoms with E-state index in [9.17, 15) is 4.79 Å². The van der Waals surface area contributed by atoms with Crippen LogP contribution in [-0.4, -0.2) is 61.0 Å². The van der Waals surface area contributed by atoms with Crippen LogP contribution in [-0.2, 0) is 4.79 Å². The standard InChI is InChI=1S/C12H22N4O/c1-3-15(8-4-5-13)12(17)11(2)16-9-6-14-7-10-16/h11,14H,3-4,6-10H2,1-2H3. The Balaban J connectivity index is 2.50. The van der Waals surface area contributed by atoms with Crippen molar-refractivity contribution in [1.82, 2.24) is 15.1 Å². The minimum atomic E-state index is -0.0734. The summed E-state index contributed by atoms with van der Waals surface area (Å²) >= 11 is 0. The van der Waals surface area contributed by atoms with Crippen LogP contribution in [0.15, 0.2) is 0 Å². The number of hydrogen-bond acceptors (Lipinski definition) is 4. The number of amides is 1. The van der Waals surface area contributed by atoms with Gasteiger partial charge in [-0.1, -0.05) is 0 Å². The number of piperazine rings is 1. The smallest absolute Gasteiger partial charge is 0.239 e. The third-order valence-corrected chi connectivity index (χ3v) is 3.24. The maximum absolute atomic E-state index is 12.2. The summed E-state index contributed by atoms with van der Waals surface area (Å²) in [5.74, 6) is 0.143. The van der Waals surface area contributed by atoms with Crippen LogP contribution < -0.4 is 5.32 Å². The molecule has 0 bridgehead atoms. The Bertz CT molecular complexity index is 281. The van der Waals surface area contributed by atoms with Crippen molar-refractivity contribution in [3.63, 3.8) is 0 Å². The molecule has 1 atom stereocenters. The Morgan fingerprint density at radius 1 is 1.53 bits per heavy atom. The van der Waals surface area contributed by atoms with E-state index in [0.717, 1.165) is 26.2 Å². The number of nitrogens with one attached hydrogen (secondary N) is 1. The number of nitrogens with zero attached hydrogens (tertiary/aromatic N) is 3. The molecule has 0 saturated carbocycles. The fraction of sp³-hybridized carbons (Fsp3) is 0.833. The van der Waals surface area contributed by atoms with Gasteiger partial charge in [-0.05, 0) is 13.8 Å². The largest absolute Gasteiger partial charge is 0.341 e. The van der Waals surface area contributed by atoms with Gasteiger partial charge < -0.3 is 10.2 Å². The van der Waals surface area contributed by atoms with Gasteiger partial charge in [0.15, 0.2) is 0 Å². The summed E-state index contributed by atoms with van der Waals surface area (Å²) in [5, 5.41) is 11.8. The Morgan fingerprint density at radius 3 is 2.71 bits per heavy atom. The molecule has 1 fully saturated rings. The topological polar surface area (TPSA) is 59.4 Å². The highest BCUT2D eigenvalue weighted by Crippen LogP contribution is 2.06. The normalized spacial score (nSPS) is 18.4. The Labute approximate surface area is 103 Å². The van der Waals surface area contributed by atoms with Crippen LogP contribution in [0, 0.1) is 11.3 Å². The maximum Gasteiger partial charge on any atom is 0.239 e. The molecule has 0 radical (unpaired) electrons. The molecular formula is C12H22N4O. The van der Waals surface area contributed by atoms with Gasteiger partial charge in [0.2, 0.25) is 5.91 Å². The summed E-state index contributed by atoms with van der Waals surface area (Å²) in [4.78, 5) is 16.2. The summed E-state index contributed by atoms with van der Waals surface area (Å²) < 4.78 is 0. The molecule has 1 unspecified atom stereocenters. The van der Waals surface area contributed by atoms with Gasteiger partial charge >= 0.3 is 0 Å². The lowest BCUT2D eigenvalue weighted by molar-refractivity contribution is -0.136. The van der Waals surface area contributed by atoms with Gasteiger partial charge in [-0.15, -0.1) is 0 Å². The molecule has 1 aliphatic rings. The Kier molecular flexibility index (Phi) is 5.95. The maximum atomic E-state index is 12.2. The van der Waals surface area contributed by atoms with Gasteiger partial charge in [-0.2, -0.15) is 5.26 Å². The van der Waals surface area contributed by atoms with Crippen LogP contribution in [0.5, 0.6) is 0 Å². The van der Waals surface area contributed by atoms with E-state index in [1.54, 1.807) is 4.90 Å². The monoisotopic (exact) mass is 238 g/mol. The molecule has 1 amide bonds. The van der Waals surface area contributed by atoms with Gasteiger partial charge in [0.05, 0.1) is 18.5 Å². The fourth-order valence-electron chi connectivity index (χ4n) is 2.10. The lowest BCUT2D eigenvalue weighted by Crippen LogP contribution is -2.53. The molecule has 1 saturated heterocycles. The van der Waals surface area contributed by atoms with Crippen LogP contribution >= 0.6 is 0 Å². The highest BCUT2D eigenvalue weighted by Gasteiger charge is 2.25. The number of rotatable bonds is 5. The number of carbonyl (C=O) groups is 1. The van der Waals surface area contributed by atoms with Crippen molar-refractivity contribution in [3.8, 4) is 6.07 Å². The molecule has 96 valence electrons. The molecule has 0 aromatic carbocycles. The SMILES string of the molecule is CCN(CCC#N)C(=O)C(C)N1CCNCC1. The van der Waals surface area contributed by atoms with Crippen molar-refractivity contribution in [3.05, 3.63) is 0 Å². The van der Waals surface area contributed by atoms with E-state index in [0.29, 0.717) is 19.5 Å². The first-order valence-electron chi connectivity index (χ1n) is 6.31. The number of carbonyl (C=O) groups excluding carboxylic acids is 1. The van der Waals surface area contributed by atoms with E-state index in [1.165, 1.54) is 0 Å². The molecule has 17 heavy (non-hydrogen) atoms. The molecule has 1 N–H and O–H groups in total.